The molecule has 0 amide bonds. The van der Waals surface area contributed by atoms with Crippen molar-refractivity contribution in [3.8, 4) is 0 Å². The highest BCUT2D eigenvalue weighted by molar-refractivity contribution is 6.62. The van der Waals surface area contributed by atoms with Crippen LogP contribution >= 0.6 is 0 Å². The van der Waals surface area contributed by atoms with Crippen LogP contribution in [-0.2, 0) is 4.74 Å². The maximum atomic E-state index is 9.43. The van der Waals surface area contributed by atoms with Gasteiger partial charge in [-0.05, 0) is 18.9 Å². The van der Waals surface area contributed by atoms with Gasteiger partial charge in [0.25, 0.3) is 0 Å². The Hall–Kier alpha value is -1.37. The molecule has 2 N–H and O–H groups in total. The predicted octanol–water partition coefficient (Wildman–Crippen LogP) is 0.0676. The summed E-state index contributed by atoms with van der Waals surface area (Å²) in [6.07, 6.45) is 7.16. The van der Waals surface area contributed by atoms with Crippen molar-refractivity contribution in [2.24, 2.45) is 0 Å². The van der Waals surface area contributed by atoms with Gasteiger partial charge in [0.2, 0.25) is 0 Å². The lowest BCUT2D eigenvalue weighted by Crippen LogP contribution is -2.29. The number of hydrogen-bond acceptors (Lipinski definition) is 4. The highest BCUT2D eigenvalue weighted by atomic mass is 16.5. The molecule has 94 valence electrons. The fourth-order valence-electron chi connectivity index (χ4n) is 2.60. The van der Waals surface area contributed by atoms with Crippen LogP contribution in [0.2, 0.25) is 0 Å². The van der Waals surface area contributed by atoms with Gasteiger partial charge in [-0.1, -0.05) is 0 Å². The summed E-state index contributed by atoms with van der Waals surface area (Å²) in [6.45, 7) is 1.50. The van der Waals surface area contributed by atoms with Crippen molar-refractivity contribution in [2.45, 2.75) is 18.9 Å². The highest BCUT2D eigenvalue weighted by Crippen LogP contribution is 2.25. The third kappa shape index (κ3) is 1.92. The van der Waals surface area contributed by atoms with E-state index in [4.69, 9.17) is 4.74 Å². The molecule has 1 saturated heterocycles. The quantitative estimate of drug-likeness (QED) is 0.736. The molecule has 0 bridgehead atoms. The van der Waals surface area contributed by atoms with Crippen LogP contribution in [0.15, 0.2) is 24.7 Å². The number of pyridine rings is 1. The van der Waals surface area contributed by atoms with Crippen molar-refractivity contribution < 1.29 is 14.8 Å². The molecule has 2 aromatic heterocycles. The lowest BCUT2D eigenvalue weighted by molar-refractivity contribution is 0.0707. The molecule has 0 saturated carbocycles. The monoisotopic (exact) mass is 246 g/mol. The first kappa shape index (κ1) is 11.7. The zero-order valence-corrected chi connectivity index (χ0v) is 9.99. The summed E-state index contributed by atoms with van der Waals surface area (Å²) in [4.78, 5) is 4.13. The molecule has 0 unspecified atom stereocenters. The van der Waals surface area contributed by atoms with Crippen molar-refractivity contribution in [3.63, 3.8) is 0 Å². The maximum absolute atomic E-state index is 9.43. The molecule has 0 spiro atoms. The summed E-state index contributed by atoms with van der Waals surface area (Å²) in [6, 6.07) is 2.16. The van der Waals surface area contributed by atoms with E-state index in [-0.39, 0.29) is 0 Å². The number of rotatable bonds is 2. The van der Waals surface area contributed by atoms with Gasteiger partial charge in [-0.3, -0.25) is 4.98 Å². The van der Waals surface area contributed by atoms with Gasteiger partial charge in [0.05, 0.1) is 11.7 Å². The number of nitrogens with zero attached hydrogens (tertiary/aromatic N) is 2. The van der Waals surface area contributed by atoms with Crippen molar-refractivity contribution in [2.75, 3.05) is 13.2 Å². The van der Waals surface area contributed by atoms with E-state index in [1.165, 1.54) is 0 Å². The maximum Gasteiger partial charge on any atom is 0.490 e. The first-order valence-electron chi connectivity index (χ1n) is 6.15. The third-order valence-electron chi connectivity index (χ3n) is 3.53. The molecule has 0 aromatic carbocycles. The Labute approximate surface area is 105 Å². The minimum Gasteiger partial charge on any atom is -0.423 e. The van der Waals surface area contributed by atoms with E-state index in [1.807, 2.05) is 12.3 Å². The van der Waals surface area contributed by atoms with Gasteiger partial charge < -0.3 is 19.4 Å². The Balaban J connectivity index is 2.10. The Kier molecular flexibility index (Phi) is 3.07. The average molecular weight is 246 g/mol. The molecule has 0 aliphatic carbocycles. The average Bonchev–Trinajstić information content (AvgIpc) is 2.79. The van der Waals surface area contributed by atoms with E-state index in [9.17, 15) is 10.0 Å². The first-order valence-corrected chi connectivity index (χ1v) is 6.15. The summed E-state index contributed by atoms with van der Waals surface area (Å²) in [7, 11) is -1.45. The van der Waals surface area contributed by atoms with Crippen LogP contribution in [0.1, 0.15) is 18.9 Å². The first-order chi connectivity index (χ1) is 8.77. The van der Waals surface area contributed by atoms with Gasteiger partial charge >= 0.3 is 7.12 Å². The Morgan fingerprint density at radius 1 is 1.33 bits per heavy atom. The predicted molar refractivity (Wildman–Crippen MR) is 68.6 cm³/mol. The summed E-state index contributed by atoms with van der Waals surface area (Å²) in [5, 5.41) is 19.7. The molecule has 1 aliphatic rings. The molecule has 18 heavy (non-hydrogen) atoms. The van der Waals surface area contributed by atoms with Crippen molar-refractivity contribution in [1.29, 1.82) is 0 Å². The van der Waals surface area contributed by atoms with Crippen LogP contribution in [0, 0.1) is 0 Å². The van der Waals surface area contributed by atoms with Crippen LogP contribution in [0.25, 0.3) is 10.9 Å². The number of fused-ring (bicyclic) bond motifs is 1. The number of hydrogen-bond donors (Lipinski definition) is 2. The molecule has 1 fully saturated rings. The standard InChI is InChI=1S/C12H15BN2O3/c16-13(17)11-8-15(9-2-5-18-6-3-9)12-7-14-4-1-10(11)12/h1,4,7-9,16-17H,2-3,5-6H2. The second-order valence-corrected chi connectivity index (χ2v) is 4.60. The zero-order chi connectivity index (χ0) is 12.5. The minimum atomic E-state index is -1.45. The molecule has 0 radical (unpaired) electrons. The molecule has 3 heterocycles. The molecule has 5 nitrogen and oxygen atoms in total. The molecular formula is C12H15BN2O3. The Morgan fingerprint density at radius 2 is 2.11 bits per heavy atom. The summed E-state index contributed by atoms with van der Waals surface area (Å²) in [5.41, 5.74) is 1.49. The largest absolute Gasteiger partial charge is 0.490 e. The third-order valence-corrected chi connectivity index (χ3v) is 3.53. The van der Waals surface area contributed by atoms with E-state index in [2.05, 4.69) is 9.55 Å². The number of ether oxygens (including phenoxy) is 1. The fraction of sp³-hybridized carbons (Fsp3) is 0.417. The van der Waals surface area contributed by atoms with Gasteiger partial charge in [-0.15, -0.1) is 0 Å². The molecular weight excluding hydrogens is 231 g/mol. The van der Waals surface area contributed by atoms with Crippen molar-refractivity contribution in [1.82, 2.24) is 9.55 Å². The van der Waals surface area contributed by atoms with E-state index in [1.54, 1.807) is 12.4 Å². The zero-order valence-electron chi connectivity index (χ0n) is 9.99. The van der Waals surface area contributed by atoms with Crippen LogP contribution in [-0.4, -0.2) is 39.9 Å². The van der Waals surface area contributed by atoms with Crippen molar-refractivity contribution in [3.05, 3.63) is 24.7 Å². The molecule has 6 heteroatoms. The molecule has 0 atom stereocenters. The summed E-state index contributed by atoms with van der Waals surface area (Å²) < 4.78 is 7.46. The minimum absolute atomic E-state index is 0.345. The van der Waals surface area contributed by atoms with Gasteiger partial charge in [0.1, 0.15) is 0 Å². The van der Waals surface area contributed by atoms with E-state index in [0.29, 0.717) is 11.5 Å². The Bertz CT molecular complexity index is 549. The van der Waals surface area contributed by atoms with Crippen LogP contribution in [0.4, 0.5) is 0 Å². The lowest BCUT2D eigenvalue weighted by Gasteiger charge is -2.24. The second kappa shape index (κ2) is 4.72. The van der Waals surface area contributed by atoms with Crippen molar-refractivity contribution >= 4 is 23.5 Å². The molecule has 2 aromatic rings. The van der Waals surface area contributed by atoms with Crippen LogP contribution < -0.4 is 5.46 Å². The van der Waals surface area contributed by atoms with Gasteiger partial charge in [-0.2, -0.15) is 0 Å². The van der Waals surface area contributed by atoms with Gasteiger partial charge in [0.15, 0.2) is 0 Å². The summed E-state index contributed by atoms with van der Waals surface area (Å²) >= 11 is 0. The normalized spacial score (nSPS) is 17.2. The smallest absolute Gasteiger partial charge is 0.423 e. The molecule has 3 rings (SSSR count). The second-order valence-electron chi connectivity index (χ2n) is 4.60. The number of aromatic nitrogens is 2. The van der Waals surface area contributed by atoms with Gasteiger partial charge in [-0.25, -0.2) is 0 Å². The van der Waals surface area contributed by atoms with E-state index < -0.39 is 7.12 Å². The summed E-state index contributed by atoms with van der Waals surface area (Å²) in [5.74, 6) is 0. The van der Waals surface area contributed by atoms with Crippen LogP contribution in [0.3, 0.4) is 0 Å². The SMILES string of the molecule is OB(O)c1cn(C2CCOCC2)c2cnccc12. The van der Waals surface area contributed by atoms with Gasteiger partial charge in [0, 0.05) is 42.5 Å². The Morgan fingerprint density at radius 3 is 2.83 bits per heavy atom. The van der Waals surface area contributed by atoms with E-state index in [0.717, 1.165) is 37.0 Å². The topological polar surface area (TPSA) is 67.5 Å². The lowest BCUT2D eigenvalue weighted by atomic mass is 9.80. The van der Waals surface area contributed by atoms with E-state index >= 15 is 0 Å². The fourth-order valence-corrected chi connectivity index (χ4v) is 2.60. The highest BCUT2D eigenvalue weighted by Gasteiger charge is 2.23. The van der Waals surface area contributed by atoms with Crippen LogP contribution in [0.5, 0.6) is 0 Å². The molecule has 1 aliphatic heterocycles.